The maximum Gasteiger partial charge on any atom is 0.325 e. The van der Waals surface area contributed by atoms with Crippen molar-refractivity contribution in [1.82, 2.24) is 19.4 Å². The van der Waals surface area contributed by atoms with Gasteiger partial charge in [-0.25, -0.2) is 9.07 Å². The third-order valence-corrected chi connectivity index (χ3v) is 9.62. The van der Waals surface area contributed by atoms with Crippen molar-refractivity contribution in [3.8, 4) is 5.69 Å². The summed E-state index contributed by atoms with van der Waals surface area (Å²) < 4.78 is 42.3. The van der Waals surface area contributed by atoms with Crippen molar-refractivity contribution in [2.75, 3.05) is 32.8 Å². The molecule has 0 amide bonds. The summed E-state index contributed by atoms with van der Waals surface area (Å²) in [7, 11) is -3.44. The molecule has 5 rings (SSSR count). The second kappa shape index (κ2) is 10.1. The Hall–Kier alpha value is -2.69. The normalized spacial score (nSPS) is 21.4. The van der Waals surface area contributed by atoms with E-state index < -0.39 is 15.8 Å². The van der Waals surface area contributed by atoms with Gasteiger partial charge in [0.1, 0.15) is 5.82 Å². The van der Waals surface area contributed by atoms with Gasteiger partial charge < -0.3 is 10.4 Å². The molecule has 1 saturated heterocycles. The summed E-state index contributed by atoms with van der Waals surface area (Å²) in [4.78, 5) is 0.414. The smallest absolute Gasteiger partial charge is 0.325 e. The Bertz CT molecular complexity index is 1380. The summed E-state index contributed by atoms with van der Waals surface area (Å²) >= 11 is 0. The Morgan fingerprint density at radius 1 is 1.13 bits per heavy atom. The highest BCUT2D eigenvalue weighted by Crippen LogP contribution is 2.45. The maximum atomic E-state index is 13.9. The fourth-order valence-electron chi connectivity index (χ4n) is 5.55. The van der Waals surface area contributed by atoms with Crippen LogP contribution in [0.4, 0.5) is 4.39 Å². The summed E-state index contributed by atoms with van der Waals surface area (Å²) in [5.74, 6) is -0.296. The van der Waals surface area contributed by atoms with Crippen LogP contribution in [0, 0.1) is 11.2 Å². The molecule has 1 aliphatic heterocycles. The fourth-order valence-corrected chi connectivity index (χ4v) is 7.10. The van der Waals surface area contributed by atoms with Gasteiger partial charge in [0.25, 0.3) is 0 Å². The minimum Gasteiger partial charge on any atom is -0.395 e. The Morgan fingerprint density at radius 2 is 1.84 bits per heavy atom. The molecular weight excluding hydrogens is 503 g/mol. The van der Waals surface area contributed by atoms with Crippen molar-refractivity contribution in [1.29, 1.82) is 0 Å². The number of aromatic nitrogens is 2. The van der Waals surface area contributed by atoms with E-state index in [2.05, 4.69) is 37.3 Å². The second-order valence-corrected chi connectivity index (χ2v) is 13.3. The standard InChI is InChI=1S/C29H35FN4O3S/c1-28(2,3)22-4-10-26(11-5-22)38(36,37)33-14-12-23-16-27-21(17-29(23,20-33)19-31-13-15-35)18-32-34(27)25-8-6-24(30)7-9-25/h4-11,16,18,31,35H,12-15,17,19-20H2,1-3H3/p+1/t29-/m0/s1. The number of nitrogens with zero attached hydrogens (tertiary/aromatic N) is 3. The molecule has 0 saturated carbocycles. The van der Waals surface area contributed by atoms with Crippen LogP contribution in [0.5, 0.6) is 0 Å². The molecule has 3 N–H and O–H groups in total. The van der Waals surface area contributed by atoms with Gasteiger partial charge in [-0.3, -0.25) is 0 Å². The van der Waals surface area contributed by atoms with Gasteiger partial charge in [-0.2, -0.15) is 9.65 Å². The van der Waals surface area contributed by atoms with Crippen LogP contribution in [-0.4, -0.2) is 56.5 Å². The van der Waals surface area contributed by atoms with Crippen molar-refractivity contribution in [2.24, 2.45) is 5.41 Å². The van der Waals surface area contributed by atoms with Gasteiger partial charge in [0.15, 0.2) is 0 Å². The Morgan fingerprint density at radius 3 is 2.50 bits per heavy atom. The first-order chi connectivity index (χ1) is 18.0. The minimum atomic E-state index is -3.44. The van der Waals surface area contributed by atoms with Gasteiger partial charge in [0.05, 0.1) is 37.3 Å². The van der Waals surface area contributed by atoms with Crippen molar-refractivity contribution in [3.05, 3.63) is 82.9 Å². The van der Waals surface area contributed by atoms with Gasteiger partial charge >= 0.3 is 10.4 Å². The Labute approximate surface area is 224 Å². The molecule has 0 spiro atoms. The number of benzene rings is 2. The van der Waals surface area contributed by atoms with Gasteiger partial charge in [-0.05, 0) is 76.1 Å². The lowest BCUT2D eigenvalue weighted by Gasteiger charge is -2.45. The van der Waals surface area contributed by atoms with E-state index in [4.69, 9.17) is 0 Å². The molecule has 2 heterocycles. The Kier molecular flexibility index (Phi) is 7.17. The molecule has 2 aromatic carbocycles. The number of hydrogen-bond acceptors (Lipinski definition) is 4. The van der Waals surface area contributed by atoms with Crippen LogP contribution in [0.2, 0.25) is 0 Å². The third-order valence-electron chi connectivity index (χ3n) is 7.72. The topological polar surface area (TPSA) is 90.6 Å². The van der Waals surface area contributed by atoms with Gasteiger partial charge in [-0.15, -0.1) is 0 Å². The van der Waals surface area contributed by atoms with Gasteiger partial charge in [0, 0.05) is 18.5 Å². The number of hydrogen-bond donors (Lipinski definition) is 3. The molecular formula is C29H36FN4O3S+. The van der Waals surface area contributed by atoms with Crippen molar-refractivity contribution in [3.63, 3.8) is 0 Å². The lowest BCUT2D eigenvalue weighted by Crippen LogP contribution is -2.54. The van der Waals surface area contributed by atoms with Crippen LogP contribution in [0.1, 0.15) is 44.0 Å². The molecule has 2 aliphatic rings. The van der Waals surface area contributed by atoms with E-state index in [0.717, 1.165) is 22.5 Å². The molecule has 1 fully saturated rings. The molecule has 2 atom stereocenters. The van der Waals surface area contributed by atoms with Crippen molar-refractivity contribution in [2.45, 2.75) is 43.9 Å². The van der Waals surface area contributed by atoms with E-state index >= 15 is 0 Å². The zero-order chi connectivity index (χ0) is 27.1. The highest BCUT2D eigenvalue weighted by Gasteiger charge is 2.50. The molecule has 1 aromatic heterocycles. The lowest BCUT2D eigenvalue weighted by atomic mass is 9.68. The lowest BCUT2D eigenvalue weighted by molar-refractivity contribution is 0.190. The van der Waals surface area contributed by atoms with Crippen LogP contribution < -0.4 is 5.32 Å². The highest BCUT2D eigenvalue weighted by atomic mass is 32.3. The highest BCUT2D eigenvalue weighted by molar-refractivity contribution is 7.95. The predicted molar refractivity (Wildman–Crippen MR) is 148 cm³/mol. The molecule has 3 aromatic rings. The van der Waals surface area contributed by atoms with Gasteiger partial charge in [-0.1, -0.05) is 42.8 Å². The number of rotatable bonds is 7. The monoisotopic (exact) mass is 539 g/mol. The number of halogens is 1. The van der Waals surface area contributed by atoms with Crippen LogP contribution in [-0.2, 0) is 26.4 Å². The molecule has 0 radical (unpaired) electrons. The summed E-state index contributed by atoms with van der Waals surface area (Å²) in [5.41, 5.74) is 4.61. The van der Waals surface area contributed by atoms with E-state index in [9.17, 15) is 18.3 Å². The molecule has 0 bridgehead atoms. The van der Waals surface area contributed by atoms with Crippen LogP contribution >= 0.6 is 0 Å². The zero-order valence-electron chi connectivity index (χ0n) is 22.2. The zero-order valence-corrected chi connectivity index (χ0v) is 23.0. The molecule has 1 unspecified atom stereocenters. The minimum absolute atomic E-state index is 0.0173. The quantitative estimate of drug-likeness (QED) is 0.305. The third kappa shape index (κ3) is 5.01. The molecule has 38 heavy (non-hydrogen) atoms. The SMILES string of the molecule is CC(C)(C)c1ccc([S+](=O)(O)N2CCC3=Cc4c(cnn4-c4ccc(F)cc4)C[C@]3(CNCCO)C2)cc1. The number of piperidine rings is 1. The number of nitrogens with one attached hydrogen (secondary N) is 1. The fraction of sp³-hybridized carbons (Fsp3) is 0.414. The predicted octanol–water partition coefficient (Wildman–Crippen LogP) is 4.47. The molecule has 202 valence electrons. The number of aliphatic hydroxyl groups excluding tert-OH is 1. The van der Waals surface area contributed by atoms with Crippen LogP contribution in [0.3, 0.4) is 0 Å². The Balaban J connectivity index is 1.47. The second-order valence-electron chi connectivity index (χ2n) is 11.4. The summed E-state index contributed by atoms with van der Waals surface area (Å²) in [6.07, 6.45) is 5.25. The van der Waals surface area contributed by atoms with Crippen LogP contribution in [0.15, 0.2) is 65.2 Å². The molecule has 9 heteroatoms. The molecule has 7 nitrogen and oxygen atoms in total. The first-order valence-electron chi connectivity index (χ1n) is 13.0. The first-order valence-corrected chi connectivity index (χ1v) is 14.5. The van der Waals surface area contributed by atoms with Crippen molar-refractivity contribution >= 4 is 16.5 Å². The van der Waals surface area contributed by atoms with Crippen LogP contribution in [0.25, 0.3) is 11.8 Å². The van der Waals surface area contributed by atoms with Gasteiger partial charge in [0.2, 0.25) is 4.90 Å². The van der Waals surface area contributed by atoms with E-state index in [0.29, 0.717) is 43.9 Å². The van der Waals surface area contributed by atoms with E-state index in [1.807, 2.05) is 23.0 Å². The first kappa shape index (κ1) is 26.9. The number of fused-ring (bicyclic) bond motifs is 2. The largest absolute Gasteiger partial charge is 0.395 e. The average Bonchev–Trinajstić information content (AvgIpc) is 3.29. The molecule has 1 aliphatic carbocycles. The maximum absolute atomic E-state index is 13.9. The average molecular weight is 540 g/mol. The van der Waals surface area contributed by atoms with E-state index in [1.165, 1.54) is 17.7 Å². The summed E-state index contributed by atoms with van der Waals surface area (Å²) in [6.45, 7) is 8.23. The summed E-state index contributed by atoms with van der Waals surface area (Å²) in [6, 6.07) is 13.7. The van der Waals surface area contributed by atoms with E-state index in [1.54, 1.807) is 28.6 Å². The van der Waals surface area contributed by atoms with Crippen molar-refractivity contribution < 1.29 is 18.3 Å². The van der Waals surface area contributed by atoms with E-state index in [-0.39, 0.29) is 17.8 Å². The number of aliphatic hydroxyl groups is 1. The summed E-state index contributed by atoms with van der Waals surface area (Å²) in [5, 5.41) is 17.3.